The Bertz CT molecular complexity index is 1020. The number of aryl methyl sites for hydroxylation is 1. The number of hydrogen-bond acceptors (Lipinski definition) is 3. The minimum atomic E-state index is -0.176. The van der Waals surface area contributed by atoms with Crippen molar-refractivity contribution in [3.63, 3.8) is 0 Å². The zero-order valence-corrected chi connectivity index (χ0v) is 18.9. The SMILES string of the molecule is COc1ccccc1-n1nc(C2CC(C)(C)OC(C)(C)C2)cc1-c1ccc(C)cc1. The van der Waals surface area contributed by atoms with Crippen LogP contribution in [0.2, 0.25) is 0 Å². The first-order chi connectivity index (χ1) is 14.2. The number of methoxy groups -OCH3 is 1. The molecule has 0 radical (unpaired) electrons. The van der Waals surface area contributed by atoms with Crippen LogP contribution < -0.4 is 4.74 Å². The minimum Gasteiger partial charge on any atom is -0.494 e. The number of hydrogen-bond donors (Lipinski definition) is 0. The Morgan fingerprint density at radius 3 is 2.23 bits per heavy atom. The normalized spacial score (nSPS) is 18.3. The molecule has 1 aliphatic rings. The summed E-state index contributed by atoms with van der Waals surface area (Å²) in [4.78, 5) is 0. The van der Waals surface area contributed by atoms with E-state index in [0.29, 0.717) is 5.92 Å². The second-order valence-corrected chi connectivity index (χ2v) is 9.63. The summed E-state index contributed by atoms with van der Waals surface area (Å²) in [5.74, 6) is 1.15. The maximum absolute atomic E-state index is 6.31. The Labute approximate surface area is 179 Å². The molecule has 2 heterocycles. The Morgan fingerprint density at radius 1 is 0.967 bits per heavy atom. The van der Waals surface area contributed by atoms with Crippen LogP contribution in [0.1, 0.15) is 57.7 Å². The lowest BCUT2D eigenvalue weighted by Crippen LogP contribution is -2.44. The van der Waals surface area contributed by atoms with E-state index in [4.69, 9.17) is 14.6 Å². The Balaban J connectivity index is 1.85. The van der Waals surface area contributed by atoms with Gasteiger partial charge in [-0.3, -0.25) is 0 Å². The molecule has 1 saturated heterocycles. The summed E-state index contributed by atoms with van der Waals surface area (Å²) in [6.07, 6.45) is 1.90. The molecule has 4 rings (SSSR count). The largest absolute Gasteiger partial charge is 0.494 e. The van der Waals surface area contributed by atoms with Crippen molar-refractivity contribution in [1.82, 2.24) is 9.78 Å². The summed E-state index contributed by atoms with van der Waals surface area (Å²) < 4.78 is 14.0. The predicted molar refractivity (Wildman–Crippen MR) is 122 cm³/mol. The molecule has 0 N–H and O–H groups in total. The molecule has 0 bridgehead atoms. The highest BCUT2D eigenvalue weighted by molar-refractivity contribution is 5.65. The van der Waals surface area contributed by atoms with Crippen LogP contribution in [0.3, 0.4) is 0 Å². The van der Waals surface area contributed by atoms with E-state index in [2.05, 4.69) is 71.0 Å². The van der Waals surface area contributed by atoms with Crippen molar-refractivity contribution in [2.45, 2.75) is 64.6 Å². The Hall–Kier alpha value is -2.59. The molecule has 0 saturated carbocycles. The standard InChI is InChI=1S/C26H32N2O2/c1-18-11-13-19(14-12-18)23-15-21(20-16-25(2,3)30-26(4,5)17-20)27-28(23)22-9-7-8-10-24(22)29-6/h7-15,20H,16-17H2,1-6H3. The van der Waals surface area contributed by atoms with Crippen molar-refractivity contribution >= 4 is 0 Å². The third-order valence-corrected chi connectivity index (χ3v) is 5.84. The quantitative estimate of drug-likeness (QED) is 0.511. The topological polar surface area (TPSA) is 36.3 Å². The molecule has 4 heteroatoms. The molecule has 30 heavy (non-hydrogen) atoms. The molecule has 0 unspecified atom stereocenters. The molecule has 0 aliphatic carbocycles. The molecular weight excluding hydrogens is 372 g/mol. The van der Waals surface area contributed by atoms with Gasteiger partial charge in [0.15, 0.2) is 0 Å². The first-order valence-electron chi connectivity index (χ1n) is 10.7. The highest BCUT2D eigenvalue weighted by atomic mass is 16.5. The van der Waals surface area contributed by atoms with Crippen LogP contribution >= 0.6 is 0 Å². The van der Waals surface area contributed by atoms with Crippen LogP contribution in [0.4, 0.5) is 0 Å². The van der Waals surface area contributed by atoms with E-state index in [0.717, 1.165) is 41.2 Å². The summed E-state index contributed by atoms with van der Waals surface area (Å²) in [7, 11) is 1.71. The molecule has 1 aliphatic heterocycles. The summed E-state index contributed by atoms with van der Waals surface area (Å²) in [6.45, 7) is 10.8. The van der Waals surface area contributed by atoms with Gasteiger partial charge in [-0.25, -0.2) is 4.68 Å². The molecule has 0 atom stereocenters. The fraction of sp³-hybridized carbons (Fsp3) is 0.423. The maximum Gasteiger partial charge on any atom is 0.144 e. The van der Waals surface area contributed by atoms with Crippen molar-refractivity contribution in [2.24, 2.45) is 0 Å². The van der Waals surface area contributed by atoms with Crippen LogP contribution in [0, 0.1) is 6.92 Å². The minimum absolute atomic E-state index is 0.176. The Kier molecular flexibility index (Phi) is 5.23. The summed E-state index contributed by atoms with van der Waals surface area (Å²) in [5.41, 5.74) is 5.19. The van der Waals surface area contributed by atoms with Gasteiger partial charge in [0.25, 0.3) is 0 Å². The molecule has 158 valence electrons. The van der Waals surface area contributed by atoms with E-state index in [1.54, 1.807) is 7.11 Å². The number of ether oxygens (including phenoxy) is 2. The number of nitrogens with zero attached hydrogens (tertiary/aromatic N) is 2. The molecule has 4 nitrogen and oxygen atoms in total. The van der Waals surface area contributed by atoms with Gasteiger partial charge in [0, 0.05) is 11.5 Å². The molecule has 0 amide bonds. The average molecular weight is 405 g/mol. The van der Waals surface area contributed by atoms with Crippen LogP contribution in [-0.4, -0.2) is 28.1 Å². The third-order valence-electron chi connectivity index (χ3n) is 5.84. The van der Waals surface area contributed by atoms with Crippen LogP contribution in [0.15, 0.2) is 54.6 Å². The van der Waals surface area contributed by atoms with E-state index in [1.807, 2.05) is 22.9 Å². The van der Waals surface area contributed by atoms with Crippen molar-refractivity contribution in [2.75, 3.05) is 7.11 Å². The highest BCUT2D eigenvalue weighted by Gasteiger charge is 2.41. The van der Waals surface area contributed by atoms with Gasteiger partial charge >= 0.3 is 0 Å². The number of benzene rings is 2. The van der Waals surface area contributed by atoms with E-state index < -0.39 is 0 Å². The second-order valence-electron chi connectivity index (χ2n) is 9.63. The van der Waals surface area contributed by atoms with Crippen LogP contribution in [0.25, 0.3) is 16.9 Å². The molecule has 2 aromatic carbocycles. The first-order valence-corrected chi connectivity index (χ1v) is 10.7. The van der Waals surface area contributed by atoms with Gasteiger partial charge in [0.05, 0.1) is 29.7 Å². The number of aromatic nitrogens is 2. The number of rotatable bonds is 4. The van der Waals surface area contributed by atoms with Crippen molar-refractivity contribution < 1.29 is 9.47 Å². The van der Waals surface area contributed by atoms with Gasteiger partial charge in [0.1, 0.15) is 11.4 Å². The van der Waals surface area contributed by atoms with Gasteiger partial charge in [-0.15, -0.1) is 0 Å². The molecular formula is C26H32N2O2. The highest BCUT2D eigenvalue weighted by Crippen LogP contribution is 2.44. The third kappa shape index (κ3) is 4.15. The molecule has 1 fully saturated rings. The van der Waals surface area contributed by atoms with Gasteiger partial charge in [-0.1, -0.05) is 42.0 Å². The fourth-order valence-electron chi connectivity index (χ4n) is 4.82. The lowest BCUT2D eigenvalue weighted by Gasteiger charge is -2.45. The molecule has 1 aromatic heterocycles. The predicted octanol–water partition coefficient (Wildman–Crippen LogP) is 6.31. The van der Waals surface area contributed by atoms with Crippen molar-refractivity contribution in [3.05, 3.63) is 65.9 Å². The zero-order chi connectivity index (χ0) is 21.5. The zero-order valence-electron chi connectivity index (χ0n) is 18.9. The molecule has 0 spiro atoms. The Morgan fingerprint density at radius 2 is 1.60 bits per heavy atom. The smallest absolute Gasteiger partial charge is 0.144 e. The van der Waals surface area contributed by atoms with E-state index >= 15 is 0 Å². The lowest BCUT2D eigenvalue weighted by molar-refractivity contribution is -0.162. The van der Waals surface area contributed by atoms with E-state index in [-0.39, 0.29) is 11.2 Å². The van der Waals surface area contributed by atoms with Gasteiger partial charge in [0.2, 0.25) is 0 Å². The van der Waals surface area contributed by atoms with Crippen LogP contribution in [0.5, 0.6) is 5.75 Å². The van der Waals surface area contributed by atoms with E-state index in [1.165, 1.54) is 5.56 Å². The first kappa shape index (κ1) is 20.7. The van der Waals surface area contributed by atoms with Crippen molar-refractivity contribution in [3.8, 4) is 22.7 Å². The number of para-hydroxylation sites is 2. The van der Waals surface area contributed by atoms with Crippen LogP contribution in [-0.2, 0) is 4.74 Å². The second kappa shape index (κ2) is 7.59. The van der Waals surface area contributed by atoms with Crippen molar-refractivity contribution in [1.29, 1.82) is 0 Å². The lowest BCUT2D eigenvalue weighted by atomic mass is 9.79. The monoisotopic (exact) mass is 404 g/mol. The summed E-state index contributed by atoms with van der Waals surface area (Å²) >= 11 is 0. The fourth-order valence-corrected chi connectivity index (χ4v) is 4.82. The van der Waals surface area contributed by atoms with Gasteiger partial charge in [-0.2, -0.15) is 5.10 Å². The summed E-state index contributed by atoms with van der Waals surface area (Å²) in [5, 5.41) is 5.12. The van der Waals surface area contributed by atoms with E-state index in [9.17, 15) is 0 Å². The van der Waals surface area contributed by atoms with Gasteiger partial charge in [-0.05, 0) is 65.7 Å². The summed E-state index contributed by atoms with van der Waals surface area (Å²) in [6, 6.07) is 18.9. The maximum atomic E-state index is 6.31. The van der Waals surface area contributed by atoms with Gasteiger partial charge < -0.3 is 9.47 Å². The molecule has 3 aromatic rings. The average Bonchev–Trinajstić information content (AvgIpc) is 3.11.